The van der Waals surface area contributed by atoms with E-state index in [4.69, 9.17) is 14.6 Å². The molecule has 0 aliphatic carbocycles. The number of carbonyl (C=O) groups excluding carboxylic acids is 2. The Balaban J connectivity index is 0.000000968. The molecule has 3 fully saturated rings. The zero-order chi connectivity index (χ0) is 23.8. The Bertz CT molecular complexity index is 798. The van der Waals surface area contributed by atoms with Gasteiger partial charge in [0.25, 0.3) is 6.47 Å². The lowest BCUT2D eigenvalue weighted by Gasteiger charge is -2.37. The average Bonchev–Trinajstić information content (AvgIpc) is 3.10. The maximum absolute atomic E-state index is 12.7. The lowest BCUT2D eigenvalue weighted by Crippen LogP contribution is -2.45. The van der Waals surface area contributed by atoms with Gasteiger partial charge in [-0.25, -0.2) is 0 Å². The van der Waals surface area contributed by atoms with Crippen LogP contribution in [0.4, 0.5) is 0 Å². The fourth-order valence-electron chi connectivity index (χ4n) is 4.99. The number of nitrogens with zero attached hydrogens (tertiary/aromatic N) is 2. The molecule has 1 atom stereocenters. The SMILES string of the molecule is O=C(CCc1ccc(O)cc1)N1CCC2(CC1)CC(CN1CCC(O)CC1)OC2=O.O=CO. The van der Waals surface area contributed by atoms with Crippen LogP contribution in [0.15, 0.2) is 24.3 Å². The number of phenols is 1. The van der Waals surface area contributed by atoms with Crippen LogP contribution in [0.2, 0.25) is 0 Å². The first-order valence-corrected chi connectivity index (χ1v) is 11.6. The standard InChI is InChI=1S/C23H32N2O5.CH2O2/c26-18-4-1-17(2-5-18)3-6-21(28)25-13-9-23(10-14-25)15-20(30-22(23)29)16-24-11-7-19(27)8-12-24;2-1-3/h1-2,4-5,19-20,26-27H,3,6-16H2;1H,(H,2,3). The van der Waals surface area contributed by atoms with E-state index >= 15 is 0 Å². The molecule has 0 radical (unpaired) electrons. The monoisotopic (exact) mass is 462 g/mol. The van der Waals surface area contributed by atoms with Crippen molar-refractivity contribution in [2.24, 2.45) is 5.41 Å². The first-order valence-electron chi connectivity index (χ1n) is 11.6. The molecule has 1 amide bonds. The van der Waals surface area contributed by atoms with Gasteiger partial charge >= 0.3 is 5.97 Å². The van der Waals surface area contributed by atoms with Crippen LogP contribution in [-0.4, -0.2) is 88.4 Å². The van der Waals surface area contributed by atoms with Crippen LogP contribution in [-0.2, 0) is 25.5 Å². The van der Waals surface area contributed by atoms with Crippen LogP contribution < -0.4 is 0 Å². The molecule has 3 aliphatic heterocycles. The van der Waals surface area contributed by atoms with Crippen molar-refractivity contribution in [3.05, 3.63) is 29.8 Å². The normalized spacial score (nSPS) is 23.0. The summed E-state index contributed by atoms with van der Waals surface area (Å²) in [6.45, 7) is 3.41. The summed E-state index contributed by atoms with van der Waals surface area (Å²) in [4.78, 5) is 37.8. The van der Waals surface area contributed by atoms with E-state index in [0.717, 1.165) is 44.5 Å². The molecule has 1 unspecified atom stereocenters. The molecule has 4 rings (SSSR count). The number of piperidine rings is 2. The van der Waals surface area contributed by atoms with E-state index in [1.165, 1.54) is 0 Å². The lowest BCUT2D eigenvalue weighted by molar-refractivity contribution is -0.153. The fraction of sp³-hybridized carbons (Fsp3) is 0.625. The van der Waals surface area contributed by atoms with Gasteiger partial charge in [0.1, 0.15) is 11.9 Å². The zero-order valence-electron chi connectivity index (χ0n) is 18.9. The van der Waals surface area contributed by atoms with Gasteiger partial charge in [0, 0.05) is 45.6 Å². The third-order valence-electron chi connectivity index (χ3n) is 6.98. The molecule has 3 heterocycles. The second kappa shape index (κ2) is 11.5. The number of aliphatic hydroxyl groups is 1. The number of ether oxygens (including phenoxy) is 1. The van der Waals surface area contributed by atoms with Gasteiger partial charge in [-0.15, -0.1) is 0 Å². The first kappa shape index (κ1) is 25.0. The van der Waals surface area contributed by atoms with Gasteiger partial charge in [-0.3, -0.25) is 19.3 Å². The molecule has 3 saturated heterocycles. The Morgan fingerprint density at radius 1 is 1.12 bits per heavy atom. The van der Waals surface area contributed by atoms with Gasteiger partial charge in [0.15, 0.2) is 0 Å². The van der Waals surface area contributed by atoms with E-state index in [0.29, 0.717) is 38.8 Å². The van der Waals surface area contributed by atoms with Crippen molar-refractivity contribution in [3.8, 4) is 5.75 Å². The number of benzene rings is 1. The Labute approximate surface area is 193 Å². The summed E-state index contributed by atoms with van der Waals surface area (Å²) >= 11 is 0. The van der Waals surface area contributed by atoms with Crippen LogP contribution in [0.5, 0.6) is 5.75 Å². The van der Waals surface area contributed by atoms with E-state index in [-0.39, 0.29) is 36.3 Å². The molecule has 0 bridgehead atoms. The number of phenolic OH excluding ortho intramolecular Hbond substituents is 1. The number of aryl methyl sites for hydroxylation is 1. The maximum atomic E-state index is 12.7. The van der Waals surface area contributed by atoms with Gasteiger partial charge in [-0.2, -0.15) is 0 Å². The molecular formula is C24H34N2O7. The second-order valence-electron chi connectivity index (χ2n) is 9.20. The van der Waals surface area contributed by atoms with Gasteiger partial charge in [-0.1, -0.05) is 12.1 Å². The number of hydrogen-bond donors (Lipinski definition) is 3. The summed E-state index contributed by atoms with van der Waals surface area (Å²) in [5, 5.41) is 25.9. The molecule has 33 heavy (non-hydrogen) atoms. The molecule has 9 nitrogen and oxygen atoms in total. The average molecular weight is 463 g/mol. The number of aromatic hydroxyl groups is 1. The minimum atomic E-state index is -0.437. The predicted octanol–water partition coefficient (Wildman–Crippen LogP) is 1.41. The highest BCUT2D eigenvalue weighted by Gasteiger charge is 2.51. The highest BCUT2D eigenvalue weighted by molar-refractivity contribution is 5.81. The van der Waals surface area contributed by atoms with Crippen LogP contribution in [0.3, 0.4) is 0 Å². The van der Waals surface area contributed by atoms with Crippen LogP contribution >= 0.6 is 0 Å². The Morgan fingerprint density at radius 3 is 2.33 bits per heavy atom. The molecule has 1 spiro atoms. The highest BCUT2D eigenvalue weighted by Crippen LogP contribution is 2.43. The number of carbonyl (C=O) groups is 3. The number of rotatable bonds is 5. The van der Waals surface area contributed by atoms with Gasteiger partial charge in [0.05, 0.1) is 11.5 Å². The van der Waals surface area contributed by atoms with E-state index in [2.05, 4.69) is 4.90 Å². The molecule has 0 saturated carbocycles. The van der Waals surface area contributed by atoms with Crippen molar-refractivity contribution in [1.29, 1.82) is 0 Å². The quantitative estimate of drug-likeness (QED) is 0.443. The number of hydrogen-bond acceptors (Lipinski definition) is 7. The molecule has 1 aromatic carbocycles. The Kier molecular flexibility index (Phi) is 8.68. The van der Waals surface area contributed by atoms with Crippen LogP contribution in [0, 0.1) is 5.41 Å². The van der Waals surface area contributed by atoms with Crippen LogP contribution in [0.1, 0.15) is 44.1 Å². The van der Waals surface area contributed by atoms with E-state index in [1.54, 1.807) is 12.1 Å². The van der Waals surface area contributed by atoms with Crippen molar-refractivity contribution < 1.29 is 34.4 Å². The first-order chi connectivity index (χ1) is 15.8. The molecule has 182 valence electrons. The summed E-state index contributed by atoms with van der Waals surface area (Å²) in [6.07, 6.45) is 4.46. The van der Waals surface area contributed by atoms with Crippen molar-refractivity contribution in [2.45, 2.75) is 57.2 Å². The molecule has 3 N–H and O–H groups in total. The molecule has 1 aromatic rings. The summed E-state index contributed by atoms with van der Waals surface area (Å²) in [5.41, 5.74) is 0.593. The number of amides is 1. The molecular weight excluding hydrogens is 428 g/mol. The molecule has 9 heteroatoms. The van der Waals surface area contributed by atoms with E-state index in [9.17, 15) is 19.8 Å². The minimum Gasteiger partial charge on any atom is -0.508 e. The largest absolute Gasteiger partial charge is 0.508 e. The zero-order valence-corrected chi connectivity index (χ0v) is 18.9. The van der Waals surface area contributed by atoms with E-state index < -0.39 is 5.41 Å². The van der Waals surface area contributed by atoms with Gasteiger partial charge < -0.3 is 25.0 Å². The van der Waals surface area contributed by atoms with E-state index in [1.807, 2.05) is 17.0 Å². The molecule has 0 aromatic heterocycles. The van der Waals surface area contributed by atoms with Crippen molar-refractivity contribution in [2.75, 3.05) is 32.7 Å². The van der Waals surface area contributed by atoms with Crippen LogP contribution in [0.25, 0.3) is 0 Å². The number of cyclic esters (lactones) is 1. The molecule has 3 aliphatic rings. The highest BCUT2D eigenvalue weighted by atomic mass is 16.6. The Morgan fingerprint density at radius 2 is 1.73 bits per heavy atom. The van der Waals surface area contributed by atoms with Crippen molar-refractivity contribution in [3.63, 3.8) is 0 Å². The smallest absolute Gasteiger partial charge is 0.312 e. The summed E-state index contributed by atoms with van der Waals surface area (Å²) in [5.74, 6) is 0.250. The number of carboxylic acid groups (broad SMARTS) is 1. The predicted molar refractivity (Wildman–Crippen MR) is 120 cm³/mol. The third-order valence-corrected chi connectivity index (χ3v) is 6.98. The fourth-order valence-corrected chi connectivity index (χ4v) is 4.99. The minimum absolute atomic E-state index is 0.0792. The summed E-state index contributed by atoms with van der Waals surface area (Å²) in [6, 6.07) is 6.95. The maximum Gasteiger partial charge on any atom is 0.312 e. The lowest BCUT2D eigenvalue weighted by atomic mass is 9.76. The van der Waals surface area contributed by atoms with Crippen molar-refractivity contribution >= 4 is 18.3 Å². The number of likely N-dealkylation sites (tertiary alicyclic amines) is 2. The number of esters is 1. The van der Waals surface area contributed by atoms with Crippen molar-refractivity contribution in [1.82, 2.24) is 9.80 Å². The van der Waals surface area contributed by atoms with Gasteiger partial charge in [-0.05, 0) is 49.8 Å². The van der Waals surface area contributed by atoms with Gasteiger partial charge in [0.2, 0.25) is 5.91 Å². The summed E-state index contributed by atoms with van der Waals surface area (Å²) < 4.78 is 5.73. The Hall–Kier alpha value is -2.65. The topological polar surface area (TPSA) is 128 Å². The second-order valence-corrected chi connectivity index (χ2v) is 9.20. The third kappa shape index (κ3) is 6.68. The number of aliphatic hydroxyl groups excluding tert-OH is 1. The summed E-state index contributed by atoms with van der Waals surface area (Å²) in [7, 11) is 0.